The molecule has 19 heavy (non-hydrogen) atoms. The molecule has 2 fully saturated rings. The highest BCUT2D eigenvalue weighted by atomic mass is 35.5. The SMILES string of the molecule is O=S1(=O)CCC(C2(Cc3ccccc3Cl)CNC2)C1. The number of rotatable bonds is 3. The lowest BCUT2D eigenvalue weighted by molar-refractivity contribution is 0.0925. The second kappa shape index (κ2) is 4.76. The van der Waals surface area contributed by atoms with Crippen LogP contribution >= 0.6 is 11.6 Å². The zero-order valence-corrected chi connectivity index (χ0v) is 12.3. The molecule has 1 unspecified atom stereocenters. The van der Waals surface area contributed by atoms with E-state index in [2.05, 4.69) is 5.32 Å². The van der Waals surface area contributed by atoms with Crippen LogP contribution < -0.4 is 5.32 Å². The molecule has 2 saturated heterocycles. The topological polar surface area (TPSA) is 46.2 Å². The van der Waals surface area contributed by atoms with Crippen molar-refractivity contribution in [3.63, 3.8) is 0 Å². The van der Waals surface area contributed by atoms with Crippen LogP contribution in [0.3, 0.4) is 0 Å². The van der Waals surface area contributed by atoms with Crippen molar-refractivity contribution in [3.05, 3.63) is 34.9 Å². The second-order valence-electron chi connectivity index (χ2n) is 5.83. The van der Waals surface area contributed by atoms with Gasteiger partial charge >= 0.3 is 0 Å². The molecule has 0 spiro atoms. The van der Waals surface area contributed by atoms with E-state index in [1.54, 1.807) is 0 Å². The van der Waals surface area contributed by atoms with Crippen LogP contribution in [0.5, 0.6) is 0 Å². The van der Waals surface area contributed by atoms with Gasteiger partial charge in [-0.25, -0.2) is 8.42 Å². The van der Waals surface area contributed by atoms with Crippen LogP contribution in [0, 0.1) is 11.3 Å². The highest BCUT2D eigenvalue weighted by Gasteiger charge is 2.48. The third-order valence-electron chi connectivity index (χ3n) is 4.55. The van der Waals surface area contributed by atoms with E-state index in [-0.39, 0.29) is 11.3 Å². The maximum absolute atomic E-state index is 11.7. The molecule has 1 aromatic rings. The quantitative estimate of drug-likeness (QED) is 0.927. The van der Waals surface area contributed by atoms with Crippen LogP contribution in [0.15, 0.2) is 24.3 Å². The second-order valence-corrected chi connectivity index (χ2v) is 8.47. The van der Waals surface area contributed by atoms with Crippen molar-refractivity contribution in [1.29, 1.82) is 0 Å². The van der Waals surface area contributed by atoms with E-state index in [1.807, 2.05) is 24.3 Å². The lowest BCUT2D eigenvalue weighted by atomic mass is 9.67. The van der Waals surface area contributed by atoms with Gasteiger partial charge in [0.25, 0.3) is 0 Å². The molecule has 2 heterocycles. The smallest absolute Gasteiger partial charge is 0.150 e. The minimum Gasteiger partial charge on any atom is -0.315 e. The van der Waals surface area contributed by atoms with Crippen molar-refractivity contribution in [2.45, 2.75) is 12.8 Å². The van der Waals surface area contributed by atoms with E-state index in [0.717, 1.165) is 36.5 Å². The first-order chi connectivity index (χ1) is 9.01. The first-order valence-corrected chi connectivity index (χ1v) is 8.85. The van der Waals surface area contributed by atoms with Gasteiger partial charge in [0.2, 0.25) is 0 Å². The summed E-state index contributed by atoms with van der Waals surface area (Å²) in [6.45, 7) is 1.80. The van der Waals surface area contributed by atoms with Gasteiger partial charge in [0.05, 0.1) is 11.5 Å². The molecule has 0 aromatic heterocycles. The highest BCUT2D eigenvalue weighted by molar-refractivity contribution is 7.91. The number of nitrogens with one attached hydrogen (secondary N) is 1. The van der Waals surface area contributed by atoms with Crippen molar-refractivity contribution >= 4 is 21.4 Å². The van der Waals surface area contributed by atoms with E-state index >= 15 is 0 Å². The molecular formula is C14H18ClNO2S. The molecule has 2 aliphatic rings. The molecule has 3 rings (SSSR count). The Labute approximate surface area is 119 Å². The molecule has 0 amide bonds. The van der Waals surface area contributed by atoms with Crippen LogP contribution in [0.2, 0.25) is 5.02 Å². The first kappa shape index (κ1) is 13.4. The van der Waals surface area contributed by atoms with E-state index in [0.29, 0.717) is 11.5 Å². The fraction of sp³-hybridized carbons (Fsp3) is 0.571. The van der Waals surface area contributed by atoms with Gasteiger partial charge in [0.15, 0.2) is 9.84 Å². The Hall–Kier alpha value is -0.580. The summed E-state index contributed by atoms with van der Waals surface area (Å²) >= 11 is 6.24. The zero-order valence-electron chi connectivity index (χ0n) is 10.7. The predicted octanol–water partition coefficient (Wildman–Crippen LogP) is 1.91. The molecule has 2 aliphatic heterocycles. The number of hydrogen-bond donors (Lipinski definition) is 1. The molecule has 3 nitrogen and oxygen atoms in total. The number of hydrogen-bond acceptors (Lipinski definition) is 3. The Kier molecular flexibility index (Phi) is 3.36. The average molecular weight is 300 g/mol. The van der Waals surface area contributed by atoms with Gasteiger partial charge in [-0.1, -0.05) is 29.8 Å². The normalized spacial score (nSPS) is 27.9. The maximum atomic E-state index is 11.7. The molecule has 0 bridgehead atoms. The summed E-state index contributed by atoms with van der Waals surface area (Å²) in [7, 11) is -2.82. The molecular weight excluding hydrogens is 282 g/mol. The van der Waals surface area contributed by atoms with Crippen molar-refractivity contribution in [2.75, 3.05) is 24.6 Å². The Morgan fingerprint density at radius 2 is 2.05 bits per heavy atom. The summed E-state index contributed by atoms with van der Waals surface area (Å²) in [5.74, 6) is 0.969. The summed E-state index contributed by atoms with van der Waals surface area (Å²) in [6.07, 6.45) is 1.67. The van der Waals surface area contributed by atoms with Crippen molar-refractivity contribution in [1.82, 2.24) is 5.32 Å². The van der Waals surface area contributed by atoms with Gasteiger partial charge in [0, 0.05) is 23.5 Å². The molecule has 0 radical (unpaired) electrons. The number of benzene rings is 1. The predicted molar refractivity (Wildman–Crippen MR) is 77.2 cm³/mol. The largest absolute Gasteiger partial charge is 0.315 e. The van der Waals surface area contributed by atoms with Crippen LogP contribution in [0.25, 0.3) is 0 Å². The molecule has 1 atom stereocenters. The summed E-state index contributed by atoms with van der Waals surface area (Å²) < 4.78 is 23.4. The number of halogens is 1. The Morgan fingerprint density at radius 1 is 1.32 bits per heavy atom. The lowest BCUT2D eigenvalue weighted by Crippen LogP contribution is -2.59. The highest BCUT2D eigenvalue weighted by Crippen LogP contribution is 2.42. The van der Waals surface area contributed by atoms with Gasteiger partial charge < -0.3 is 5.32 Å². The van der Waals surface area contributed by atoms with Crippen molar-refractivity contribution < 1.29 is 8.42 Å². The standard InChI is InChI=1S/C14H18ClNO2S/c15-13-4-2-1-3-11(13)7-14(9-16-10-14)12-5-6-19(17,18)8-12/h1-4,12,16H,5-10H2. The fourth-order valence-electron chi connectivity index (χ4n) is 3.30. The van der Waals surface area contributed by atoms with Crippen LogP contribution in [0.4, 0.5) is 0 Å². The van der Waals surface area contributed by atoms with Gasteiger partial charge in [-0.05, 0) is 30.4 Å². The number of sulfone groups is 1. The van der Waals surface area contributed by atoms with Gasteiger partial charge in [-0.15, -0.1) is 0 Å². The fourth-order valence-corrected chi connectivity index (χ4v) is 5.45. The van der Waals surface area contributed by atoms with Gasteiger partial charge in [-0.3, -0.25) is 0 Å². The third kappa shape index (κ3) is 2.54. The minimum absolute atomic E-state index is 0.0779. The molecule has 1 aromatic carbocycles. The maximum Gasteiger partial charge on any atom is 0.150 e. The summed E-state index contributed by atoms with van der Waals surface area (Å²) in [4.78, 5) is 0. The van der Waals surface area contributed by atoms with Gasteiger partial charge in [0.1, 0.15) is 0 Å². The van der Waals surface area contributed by atoms with E-state index in [1.165, 1.54) is 0 Å². The van der Waals surface area contributed by atoms with Crippen LogP contribution in [-0.2, 0) is 16.3 Å². The monoisotopic (exact) mass is 299 g/mol. The van der Waals surface area contributed by atoms with Crippen molar-refractivity contribution in [2.24, 2.45) is 11.3 Å². The minimum atomic E-state index is -2.82. The summed E-state index contributed by atoms with van der Waals surface area (Å²) in [5, 5.41) is 4.09. The van der Waals surface area contributed by atoms with E-state index in [4.69, 9.17) is 11.6 Å². The molecule has 104 valence electrons. The van der Waals surface area contributed by atoms with Gasteiger partial charge in [-0.2, -0.15) is 0 Å². The molecule has 0 saturated carbocycles. The Balaban J connectivity index is 1.83. The first-order valence-electron chi connectivity index (χ1n) is 6.65. The lowest BCUT2D eigenvalue weighted by Gasteiger charge is -2.47. The average Bonchev–Trinajstić information content (AvgIpc) is 2.67. The summed E-state index contributed by atoms with van der Waals surface area (Å²) in [6, 6.07) is 7.87. The van der Waals surface area contributed by atoms with Crippen LogP contribution in [0.1, 0.15) is 12.0 Å². The third-order valence-corrected chi connectivity index (χ3v) is 6.69. The molecule has 0 aliphatic carbocycles. The Morgan fingerprint density at radius 3 is 2.58 bits per heavy atom. The van der Waals surface area contributed by atoms with Crippen LogP contribution in [-0.4, -0.2) is 33.0 Å². The molecule has 1 N–H and O–H groups in total. The molecule has 5 heteroatoms. The zero-order chi connectivity index (χ0) is 13.5. The van der Waals surface area contributed by atoms with Crippen molar-refractivity contribution in [3.8, 4) is 0 Å². The van der Waals surface area contributed by atoms with E-state index in [9.17, 15) is 8.42 Å². The summed E-state index contributed by atoms with van der Waals surface area (Å²) in [5.41, 5.74) is 1.21. The Bertz CT molecular complexity index is 581. The van der Waals surface area contributed by atoms with E-state index < -0.39 is 9.84 Å².